The molecule has 3 nitrogen and oxygen atoms in total. The van der Waals surface area contributed by atoms with Crippen molar-refractivity contribution in [1.29, 1.82) is 0 Å². The van der Waals surface area contributed by atoms with E-state index in [2.05, 4.69) is 0 Å². The number of para-hydroxylation sites is 1. The third-order valence-corrected chi connectivity index (χ3v) is 3.35. The summed E-state index contributed by atoms with van der Waals surface area (Å²) in [6, 6.07) is 12.1. The fourth-order valence-electron chi connectivity index (χ4n) is 2.40. The first-order chi connectivity index (χ1) is 9.66. The number of rotatable bonds is 3. The van der Waals surface area contributed by atoms with Gasteiger partial charge in [0, 0.05) is 29.9 Å². The highest BCUT2D eigenvalue weighted by atomic mass is 19.1. The van der Waals surface area contributed by atoms with Crippen LogP contribution in [0.25, 0.3) is 10.9 Å². The quantitative estimate of drug-likeness (QED) is 0.740. The predicted molar refractivity (Wildman–Crippen MR) is 78.1 cm³/mol. The Kier molecular flexibility index (Phi) is 3.06. The molecule has 1 heterocycles. The van der Waals surface area contributed by atoms with E-state index < -0.39 is 0 Å². The summed E-state index contributed by atoms with van der Waals surface area (Å²) in [6.45, 7) is 0.284. The van der Waals surface area contributed by atoms with Crippen molar-refractivity contribution in [3.05, 3.63) is 60.0 Å². The number of ether oxygens (including phenoxy) is 1. The zero-order valence-corrected chi connectivity index (χ0v) is 11.1. The van der Waals surface area contributed by atoms with E-state index in [0.29, 0.717) is 5.69 Å². The van der Waals surface area contributed by atoms with E-state index in [4.69, 9.17) is 10.5 Å². The Morgan fingerprint density at radius 1 is 1.15 bits per heavy atom. The Hall–Kier alpha value is -2.49. The summed E-state index contributed by atoms with van der Waals surface area (Å²) < 4.78 is 21.1. The van der Waals surface area contributed by atoms with E-state index in [9.17, 15) is 4.39 Å². The third kappa shape index (κ3) is 2.09. The van der Waals surface area contributed by atoms with Crippen LogP contribution < -0.4 is 10.5 Å². The minimum Gasteiger partial charge on any atom is -0.486 e. The van der Waals surface area contributed by atoms with E-state index in [1.807, 2.05) is 36.0 Å². The molecule has 0 aliphatic carbocycles. The number of benzene rings is 2. The van der Waals surface area contributed by atoms with Gasteiger partial charge in [-0.1, -0.05) is 18.2 Å². The standard InChI is InChI=1S/C16H15FN2O/c1-19-9-11(16-13(18)6-4-7-14(16)19)10-20-15-8-3-2-5-12(15)17/h2-9H,10,18H2,1H3. The zero-order chi connectivity index (χ0) is 14.1. The van der Waals surface area contributed by atoms with Gasteiger partial charge in [-0.25, -0.2) is 4.39 Å². The third-order valence-electron chi connectivity index (χ3n) is 3.35. The smallest absolute Gasteiger partial charge is 0.165 e. The maximum absolute atomic E-state index is 13.5. The van der Waals surface area contributed by atoms with Crippen LogP contribution in [0.2, 0.25) is 0 Å². The van der Waals surface area contributed by atoms with Crippen molar-refractivity contribution in [2.45, 2.75) is 6.61 Å². The van der Waals surface area contributed by atoms with E-state index in [0.717, 1.165) is 16.5 Å². The number of nitrogens with zero attached hydrogens (tertiary/aromatic N) is 1. The molecule has 4 heteroatoms. The summed E-state index contributed by atoms with van der Waals surface area (Å²) in [5, 5.41) is 0.964. The van der Waals surface area contributed by atoms with Crippen LogP contribution in [0, 0.1) is 5.82 Å². The fraction of sp³-hybridized carbons (Fsp3) is 0.125. The average Bonchev–Trinajstić information content (AvgIpc) is 2.76. The second-order valence-corrected chi connectivity index (χ2v) is 4.73. The molecule has 0 amide bonds. The maximum atomic E-state index is 13.5. The molecule has 3 aromatic rings. The molecule has 0 atom stereocenters. The van der Waals surface area contributed by atoms with Crippen LogP contribution in [0.1, 0.15) is 5.56 Å². The van der Waals surface area contributed by atoms with Gasteiger partial charge < -0.3 is 15.0 Å². The summed E-state index contributed by atoms with van der Waals surface area (Å²) in [7, 11) is 1.95. The Balaban J connectivity index is 1.94. The summed E-state index contributed by atoms with van der Waals surface area (Å²) in [4.78, 5) is 0. The van der Waals surface area contributed by atoms with Crippen LogP contribution in [0.3, 0.4) is 0 Å². The number of halogens is 1. The number of aromatic nitrogens is 1. The predicted octanol–water partition coefficient (Wildman–Crippen LogP) is 3.48. The molecular weight excluding hydrogens is 255 g/mol. The molecule has 0 aliphatic rings. The summed E-state index contributed by atoms with van der Waals surface area (Å²) >= 11 is 0. The van der Waals surface area contributed by atoms with Crippen LogP contribution in [-0.2, 0) is 13.7 Å². The van der Waals surface area contributed by atoms with Gasteiger partial charge in [0.2, 0.25) is 0 Å². The van der Waals surface area contributed by atoms with Crippen LogP contribution in [0.5, 0.6) is 5.75 Å². The first-order valence-corrected chi connectivity index (χ1v) is 6.36. The summed E-state index contributed by atoms with van der Waals surface area (Å²) in [6.07, 6.45) is 1.96. The lowest BCUT2D eigenvalue weighted by Gasteiger charge is -2.07. The minimum atomic E-state index is -0.360. The SMILES string of the molecule is Cn1cc(COc2ccccc2F)c2c(N)cccc21. The number of nitrogens with two attached hydrogens (primary N) is 1. The number of anilines is 1. The Morgan fingerprint density at radius 2 is 1.95 bits per heavy atom. The van der Waals surface area contributed by atoms with Gasteiger partial charge in [-0.05, 0) is 24.3 Å². The summed E-state index contributed by atoms with van der Waals surface area (Å²) in [5.74, 6) is -0.111. The number of nitrogen functional groups attached to an aromatic ring is 1. The molecule has 20 heavy (non-hydrogen) atoms. The van der Waals surface area contributed by atoms with Gasteiger partial charge in [0.15, 0.2) is 11.6 Å². The lowest BCUT2D eigenvalue weighted by molar-refractivity contribution is 0.291. The van der Waals surface area contributed by atoms with Crippen LogP contribution in [0.4, 0.5) is 10.1 Å². The van der Waals surface area contributed by atoms with Crippen molar-refractivity contribution in [1.82, 2.24) is 4.57 Å². The average molecular weight is 270 g/mol. The minimum absolute atomic E-state index is 0.249. The van der Waals surface area contributed by atoms with Gasteiger partial charge in [-0.2, -0.15) is 0 Å². The van der Waals surface area contributed by atoms with Crippen molar-refractivity contribution in [2.24, 2.45) is 7.05 Å². The molecule has 0 saturated heterocycles. The monoisotopic (exact) mass is 270 g/mol. The van der Waals surface area contributed by atoms with E-state index in [1.165, 1.54) is 6.07 Å². The van der Waals surface area contributed by atoms with E-state index in [1.54, 1.807) is 18.2 Å². The zero-order valence-electron chi connectivity index (χ0n) is 11.1. The van der Waals surface area contributed by atoms with Crippen LogP contribution >= 0.6 is 0 Å². The van der Waals surface area contributed by atoms with Gasteiger partial charge in [-0.3, -0.25) is 0 Å². The molecule has 2 aromatic carbocycles. The maximum Gasteiger partial charge on any atom is 0.165 e. The molecule has 0 aliphatic heterocycles. The van der Waals surface area contributed by atoms with Crippen molar-refractivity contribution >= 4 is 16.6 Å². The second-order valence-electron chi connectivity index (χ2n) is 4.73. The Bertz CT molecular complexity index is 764. The molecule has 1 aromatic heterocycles. The van der Waals surface area contributed by atoms with Gasteiger partial charge in [0.25, 0.3) is 0 Å². The highest BCUT2D eigenvalue weighted by Gasteiger charge is 2.10. The lowest BCUT2D eigenvalue weighted by Crippen LogP contribution is -1.97. The number of hydrogen-bond donors (Lipinski definition) is 1. The molecule has 2 N–H and O–H groups in total. The fourth-order valence-corrected chi connectivity index (χ4v) is 2.40. The first-order valence-electron chi connectivity index (χ1n) is 6.36. The normalized spacial score (nSPS) is 10.9. The molecule has 0 fully saturated rings. The largest absolute Gasteiger partial charge is 0.486 e. The molecule has 0 bridgehead atoms. The topological polar surface area (TPSA) is 40.2 Å². The number of hydrogen-bond acceptors (Lipinski definition) is 2. The highest BCUT2D eigenvalue weighted by Crippen LogP contribution is 2.27. The molecule has 0 unspecified atom stereocenters. The van der Waals surface area contributed by atoms with Crippen LogP contribution in [0.15, 0.2) is 48.7 Å². The Labute approximate surface area is 116 Å². The number of aryl methyl sites for hydroxylation is 1. The lowest BCUT2D eigenvalue weighted by atomic mass is 10.1. The molecule has 0 radical (unpaired) electrons. The van der Waals surface area contributed by atoms with E-state index >= 15 is 0 Å². The molecular formula is C16H15FN2O. The molecule has 0 spiro atoms. The summed E-state index contributed by atoms with van der Waals surface area (Å²) in [5.41, 5.74) is 8.72. The van der Waals surface area contributed by atoms with Crippen molar-refractivity contribution in [3.63, 3.8) is 0 Å². The highest BCUT2D eigenvalue weighted by molar-refractivity contribution is 5.94. The van der Waals surface area contributed by atoms with Crippen molar-refractivity contribution in [2.75, 3.05) is 5.73 Å². The number of fused-ring (bicyclic) bond motifs is 1. The first kappa shape index (κ1) is 12.5. The molecule has 0 saturated carbocycles. The van der Waals surface area contributed by atoms with Gasteiger partial charge in [0.1, 0.15) is 6.61 Å². The molecule has 102 valence electrons. The van der Waals surface area contributed by atoms with Crippen LogP contribution in [-0.4, -0.2) is 4.57 Å². The van der Waals surface area contributed by atoms with Gasteiger partial charge >= 0.3 is 0 Å². The van der Waals surface area contributed by atoms with Gasteiger partial charge in [0.05, 0.1) is 5.52 Å². The van der Waals surface area contributed by atoms with Gasteiger partial charge in [-0.15, -0.1) is 0 Å². The molecule has 3 rings (SSSR count). The van der Waals surface area contributed by atoms with E-state index in [-0.39, 0.29) is 18.2 Å². The second kappa shape index (κ2) is 4.89. The van der Waals surface area contributed by atoms with Crippen molar-refractivity contribution < 1.29 is 9.13 Å². The Morgan fingerprint density at radius 3 is 2.75 bits per heavy atom. The van der Waals surface area contributed by atoms with Crippen molar-refractivity contribution in [3.8, 4) is 5.75 Å².